The minimum Gasteiger partial charge on any atom is -0.294 e. The number of ketones is 1. The van der Waals surface area contributed by atoms with Crippen molar-refractivity contribution in [2.45, 2.75) is 13.3 Å². The van der Waals surface area contributed by atoms with Crippen LogP contribution >= 0.6 is 27.5 Å². The van der Waals surface area contributed by atoms with E-state index in [0.717, 1.165) is 10.0 Å². The summed E-state index contributed by atoms with van der Waals surface area (Å²) in [4.78, 5) is 12.2. The first kappa shape index (κ1) is 14.2. The van der Waals surface area contributed by atoms with Crippen LogP contribution in [0.4, 0.5) is 4.39 Å². The third kappa shape index (κ3) is 3.43. The maximum atomic E-state index is 13.2. The van der Waals surface area contributed by atoms with Crippen LogP contribution < -0.4 is 0 Å². The molecule has 19 heavy (non-hydrogen) atoms. The Kier molecular flexibility index (Phi) is 4.38. The number of aryl methyl sites for hydroxylation is 1. The molecule has 0 atom stereocenters. The summed E-state index contributed by atoms with van der Waals surface area (Å²) in [7, 11) is 0. The Labute approximate surface area is 124 Å². The number of rotatable bonds is 3. The van der Waals surface area contributed by atoms with E-state index in [-0.39, 0.29) is 18.0 Å². The van der Waals surface area contributed by atoms with Crippen LogP contribution in [0.25, 0.3) is 0 Å². The standard InChI is InChI=1S/C15H11BrClFO/c1-9-6-11(16)2-4-13(9)15(19)8-10-7-12(18)3-5-14(10)17/h2-7H,8H2,1H3. The normalized spacial score (nSPS) is 10.5. The summed E-state index contributed by atoms with van der Waals surface area (Å²) in [5.74, 6) is -0.461. The smallest absolute Gasteiger partial charge is 0.167 e. The molecule has 0 fully saturated rings. The van der Waals surface area contributed by atoms with Gasteiger partial charge in [0.05, 0.1) is 0 Å². The summed E-state index contributed by atoms with van der Waals surface area (Å²) >= 11 is 9.32. The van der Waals surface area contributed by atoms with Crippen molar-refractivity contribution in [3.05, 3.63) is 68.4 Å². The van der Waals surface area contributed by atoms with Crippen molar-refractivity contribution in [2.24, 2.45) is 0 Å². The van der Waals surface area contributed by atoms with Gasteiger partial charge < -0.3 is 0 Å². The predicted octanol–water partition coefficient (Wildman–Crippen LogP) is 4.98. The summed E-state index contributed by atoms with van der Waals surface area (Å²) in [6, 6.07) is 9.49. The van der Waals surface area contributed by atoms with Crippen molar-refractivity contribution in [1.29, 1.82) is 0 Å². The molecule has 0 aliphatic carbocycles. The zero-order chi connectivity index (χ0) is 14.0. The van der Waals surface area contributed by atoms with E-state index in [0.29, 0.717) is 16.1 Å². The fourth-order valence-corrected chi connectivity index (χ4v) is 2.55. The zero-order valence-electron chi connectivity index (χ0n) is 10.2. The van der Waals surface area contributed by atoms with Gasteiger partial charge in [-0.2, -0.15) is 0 Å². The van der Waals surface area contributed by atoms with Crippen LogP contribution in [0, 0.1) is 12.7 Å². The van der Waals surface area contributed by atoms with Crippen LogP contribution in [0.5, 0.6) is 0 Å². The maximum absolute atomic E-state index is 13.2. The SMILES string of the molecule is Cc1cc(Br)ccc1C(=O)Cc1cc(F)ccc1Cl. The molecule has 0 spiro atoms. The first-order valence-electron chi connectivity index (χ1n) is 5.70. The second kappa shape index (κ2) is 5.85. The minimum absolute atomic E-state index is 0.0718. The molecule has 2 aromatic rings. The molecule has 1 nitrogen and oxygen atoms in total. The van der Waals surface area contributed by atoms with E-state index >= 15 is 0 Å². The van der Waals surface area contributed by atoms with Gasteiger partial charge in [-0.25, -0.2) is 4.39 Å². The van der Waals surface area contributed by atoms with Crippen molar-refractivity contribution in [3.63, 3.8) is 0 Å². The lowest BCUT2D eigenvalue weighted by atomic mass is 9.99. The van der Waals surface area contributed by atoms with E-state index in [9.17, 15) is 9.18 Å². The highest BCUT2D eigenvalue weighted by Crippen LogP contribution is 2.21. The number of hydrogen-bond acceptors (Lipinski definition) is 1. The van der Waals surface area contributed by atoms with Gasteiger partial charge in [-0.1, -0.05) is 33.6 Å². The Balaban J connectivity index is 2.28. The molecule has 0 N–H and O–H groups in total. The van der Waals surface area contributed by atoms with Crippen molar-refractivity contribution in [3.8, 4) is 0 Å². The third-order valence-electron chi connectivity index (χ3n) is 2.85. The molecule has 0 bridgehead atoms. The average Bonchev–Trinajstić information content (AvgIpc) is 2.33. The number of halogens is 3. The molecule has 2 rings (SSSR count). The summed E-state index contributed by atoms with van der Waals surface area (Å²) in [6.45, 7) is 1.87. The summed E-state index contributed by atoms with van der Waals surface area (Å²) in [6.07, 6.45) is 0.0963. The van der Waals surface area contributed by atoms with Crippen molar-refractivity contribution < 1.29 is 9.18 Å². The summed E-state index contributed by atoms with van der Waals surface area (Å²) in [5.41, 5.74) is 2.02. The molecular formula is C15H11BrClFO. The molecular weight excluding hydrogens is 331 g/mol. The Bertz CT molecular complexity index is 640. The highest BCUT2D eigenvalue weighted by Gasteiger charge is 2.12. The van der Waals surface area contributed by atoms with E-state index in [1.54, 1.807) is 6.07 Å². The lowest BCUT2D eigenvalue weighted by molar-refractivity contribution is 0.0992. The van der Waals surface area contributed by atoms with Gasteiger partial charge in [0.25, 0.3) is 0 Å². The summed E-state index contributed by atoms with van der Waals surface area (Å²) < 4.78 is 14.1. The van der Waals surface area contributed by atoms with Gasteiger partial charge in [0, 0.05) is 21.5 Å². The van der Waals surface area contributed by atoms with Crippen LogP contribution in [-0.4, -0.2) is 5.78 Å². The van der Waals surface area contributed by atoms with Crippen LogP contribution in [-0.2, 0) is 6.42 Å². The van der Waals surface area contributed by atoms with Crippen molar-refractivity contribution in [1.82, 2.24) is 0 Å². The third-order valence-corrected chi connectivity index (χ3v) is 3.71. The Hall–Kier alpha value is -1.19. The van der Waals surface area contributed by atoms with E-state index in [4.69, 9.17) is 11.6 Å². The van der Waals surface area contributed by atoms with Crippen LogP contribution in [0.15, 0.2) is 40.9 Å². The molecule has 0 aromatic heterocycles. The molecule has 98 valence electrons. The topological polar surface area (TPSA) is 17.1 Å². The lowest BCUT2D eigenvalue weighted by Crippen LogP contribution is -2.06. The van der Waals surface area contributed by atoms with E-state index in [1.165, 1.54) is 18.2 Å². The largest absolute Gasteiger partial charge is 0.294 e. The fourth-order valence-electron chi connectivity index (χ4n) is 1.89. The fraction of sp³-hybridized carbons (Fsp3) is 0.133. The second-order valence-electron chi connectivity index (χ2n) is 4.29. The van der Waals surface area contributed by atoms with E-state index in [1.807, 2.05) is 19.1 Å². The van der Waals surface area contributed by atoms with Crippen LogP contribution in [0.3, 0.4) is 0 Å². The zero-order valence-corrected chi connectivity index (χ0v) is 12.6. The Morgan fingerprint density at radius 2 is 2.00 bits per heavy atom. The molecule has 2 aromatic carbocycles. The van der Waals surface area contributed by atoms with Gasteiger partial charge in [0.15, 0.2) is 5.78 Å². The Morgan fingerprint density at radius 1 is 1.26 bits per heavy atom. The van der Waals surface area contributed by atoms with Gasteiger partial charge in [-0.05, 0) is 48.4 Å². The number of benzene rings is 2. The van der Waals surface area contributed by atoms with Crippen molar-refractivity contribution >= 4 is 33.3 Å². The molecule has 4 heteroatoms. The highest BCUT2D eigenvalue weighted by molar-refractivity contribution is 9.10. The highest BCUT2D eigenvalue weighted by atomic mass is 79.9. The molecule has 0 unspecified atom stereocenters. The van der Waals surface area contributed by atoms with Gasteiger partial charge in [0.1, 0.15) is 5.82 Å². The monoisotopic (exact) mass is 340 g/mol. The second-order valence-corrected chi connectivity index (χ2v) is 5.62. The average molecular weight is 342 g/mol. The number of carbonyl (C=O) groups excluding carboxylic acids is 1. The number of hydrogen-bond donors (Lipinski definition) is 0. The first-order valence-corrected chi connectivity index (χ1v) is 6.88. The molecule has 0 amide bonds. The molecule has 0 saturated carbocycles. The van der Waals surface area contributed by atoms with Gasteiger partial charge in [-0.15, -0.1) is 0 Å². The molecule has 0 saturated heterocycles. The summed E-state index contributed by atoms with van der Waals surface area (Å²) in [5, 5.41) is 0.407. The molecule has 0 aliphatic rings. The minimum atomic E-state index is -0.389. The van der Waals surface area contributed by atoms with Gasteiger partial charge >= 0.3 is 0 Å². The molecule has 0 aliphatic heterocycles. The number of carbonyl (C=O) groups is 1. The lowest BCUT2D eigenvalue weighted by Gasteiger charge is -2.07. The van der Waals surface area contributed by atoms with Gasteiger partial charge in [0.2, 0.25) is 0 Å². The van der Waals surface area contributed by atoms with Crippen molar-refractivity contribution in [2.75, 3.05) is 0 Å². The van der Waals surface area contributed by atoms with Crippen LogP contribution in [0.2, 0.25) is 5.02 Å². The molecule has 0 heterocycles. The van der Waals surface area contributed by atoms with Crippen LogP contribution in [0.1, 0.15) is 21.5 Å². The Morgan fingerprint density at radius 3 is 2.68 bits per heavy atom. The van der Waals surface area contributed by atoms with E-state index < -0.39 is 0 Å². The molecule has 0 radical (unpaired) electrons. The van der Waals surface area contributed by atoms with E-state index in [2.05, 4.69) is 15.9 Å². The maximum Gasteiger partial charge on any atom is 0.167 e. The first-order chi connectivity index (χ1) is 8.97. The van der Waals surface area contributed by atoms with Gasteiger partial charge in [-0.3, -0.25) is 4.79 Å². The number of Topliss-reactive ketones (excluding diaryl/α,β-unsaturated/α-hetero) is 1. The quantitative estimate of drug-likeness (QED) is 0.720. The predicted molar refractivity (Wildman–Crippen MR) is 78.3 cm³/mol.